The van der Waals surface area contributed by atoms with Gasteiger partial charge in [-0.3, -0.25) is 14.6 Å². The fourth-order valence-corrected chi connectivity index (χ4v) is 2.84. The van der Waals surface area contributed by atoms with Crippen LogP contribution < -0.4 is 0 Å². The van der Waals surface area contributed by atoms with E-state index >= 15 is 0 Å². The van der Waals surface area contributed by atoms with Gasteiger partial charge in [0.05, 0.1) is 0 Å². The molecule has 0 aromatic carbocycles. The molecule has 1 N–H and O–H groups in total. The maximum atomic E-state index is 10.9. The molecule has 4 heteroatoms. The number of hydrogen-bond donors (Lipinski definition) is 1. The van der Waals surface area contributed by atoms with Crippen molar-refractivity contribution in [3.05, 3.63) is 0 Å². The van der Waals surface area contributed by atoms with Crippen LogP contribution in [-0.2, 0) is 4.79 Å². The molecule has 2 heterocycles. The molecule has 0 aliphatic carbocycles. The van der Waals surface area contributed by atoms with Crippen LogP contribution in [0.4, 0.5) is 0 Å². The smallest absolute Gasteiger partial charge is 0.320 e. The minimum Gasteiger partial charge on any atom is -0.480 e. The first-order chi connectivity index (χ1) is 7.18. The van der Waals surface area contributed by atoms with Crippen LogP contribution in [-0.4, -0.2) is 59.6 Å². The van der Waals surface area contributed by atoms with Gasteiger partial charge in [0.15, 0.2) is 0 Å². The summed E-state index contributed by atoms with van der Waals surface area (Å²) in [5, 5.41) is 9.00. The van der Waals surface area contributed by atoms with Crippen LogP contribution in [0.5, 0.6) is 0 Å². The van der Waals surface area contributed by atoms with Crippen LogP contribution in [0.1, 0.15) is 25.7 Å². The molecule has 0 aromatic rings. The molecule has 2 unspecified atom stereocenters. The molecule has 2 aliphatic rings. The van der Waals surface area contributed by atoms with Crippen molar-refractivity contribution in [3.63, 3.8) is 0 Å². The number of hydrogen-bond acceptors (Lipinski definition) is 3. The Hall–Kier alpha value is -0.610. The van der Waals surface area contributed by atoms with Gasteiger partial charge in [-0.2, -0.15) is 0 Å². The summed E-state index contributed by atoms with van der Waals surface area (Å²) in [6, 6.07) is 0.331. The lowest BCUT2D eigenvalue weighted by molar-refractivity contribution is -0.144. The molecule has 2 fully saturated rings. The van der Waals surface area contributed by atoms with Gasteiger partial charge in [0, 0.05) is 12.6 Å². The zero-order valence-electron chi connectivity index (χ0n) is 9.35. The van der Waals surface area contributed by atoms with Crippen molar-refractivity contribution in [2.75, 3.05) is 26.7 Å². The molecule has 4 nitrogen and oxygen atoms in total. The van der Waals surface area contributed by atoms with E-state index in [0.717, 1.165) is 19.4 Å². The van der Waals surface area contributed by atoms with Crippen molar-refractivity contribution < 1.29 is 9.90 Å². The van der Waals surface area contributed by atoms with Crippen molar-refractivity contribution in [3.8, 4) is 0 Å². The Labute approximate surface area is 90.9 Å². The topological polar surface area (TPSA) is 43.8 Å². The normalized spacial score (nSPS) is 34.5. The van der Waals surface area contributed by atoms with E-state index in [0.29, 0.717) is 6.04 Å². The molecular formula is C11H20N2O2. The molecule has 0 aromatic heterocycles. The highest BCUT2D eigenvalue weighted by atomic mass is 16.4. The summed E-state index contributed by atoms with van der Waals surface area (Å²) in [6.45, 7) is 3.32. The Balaban J connectivity index is 1.90. The van der Waals surface area contributed by atoms with Gasteiger partial charge >= 0.3 is 5.97 Å². The largest absolute Gasteiger partial charge is 0.480 e. The van der Waals surface area contributed by atoms with Crippen molar-refractivity contribution in [1.29, 1.82) is 0 Å². The number of rotatable bonds is 2. The number of nitrogens with zero attached hydrogens (tertiary/aromatic N) is 2. The van der Waals surface area contributed by atoms with Crippen molar-refractivity contribution in [2.45, 2.75) is 37.8 Å². The summed E-state index contributed by atoms with van der Waals surface area (Å²) in [6.07, 6.45) is 4.46. The van der Waals surface area contributed by atoms with Crippen LogP contribution in [0, 0.1) is 0 Å². The summed E-state index contributed by atoms with van der Waals surface area (Å²) < 4.78 is 0. The number of aliphatic carboxylic acids is 1. The number of carboxylic acid groups (broad SMARTS) is 1. The zero-order chi connectivity index (χ0) is 10.8. The zero-order valence-corrected chi connectivity index (χ0v) is 9.35. The van der Waals surface area contributed by atoms with E-state index in [1.807, 2.05) is 11.9 Å². The fraction of sp³-hybridized carbons (Fsp3) is 0.909. The average Bonchev–Trinajstić information content (AvgIpc) is 2.69. The van der Waals surface area contributed by atoms with Gasteiger partial charge in [-0.25, -0.2) is 0 Å². The SMILES string of the molecule is CN1CC(N2CCCC2)CCC1C(=O)O. The van der Waals surface area contributed by atoms with E-state index in [2.05, 4.69) is 4.90 Å². The lowest BCUT2D eigenvalue weighted by Crippen LogP contribution is -2.52. The number of likely N-dealkylation sites (N-methyl/N-ethyl adjacent to an activating group) is 1. The first-order valence-corrected chi connectivity index (χ1v) is 5.85. The minimum absolute atomic E-state index is 0.260. The maximum Gasteiger partial charge on any atom is 0.320 e. The van der Waals surface area contributed by atoms with Crippen LogP contribution in [0.15, 0.2) is 0 Å². The van der Waals surface area contributed by atoms with Crippen LogP contribution in [0.2, 0.25) is 0 Å². The average molecular weight is 212 g/mol. The monoisotopic (exact) mass is 212 g/mol. The summed E-state index contributed by atoms with van der Waals surface area (Å²) >= 11 is 0. The molecule has 2 rings (SSSR count). The van der Waals surface area contributed by atoms with E-state index in [1.54, 1.807) is 0 Å². The van der Waals surface area contributed by atoms with E-state index < -0.39 is 5.97 Å². The Kier molecular flexibility index (Phi) is 3.26. The third kappa shape index (κ3) is 2.32. The van der Waals surface area contributed by atoms with Crippen molar-refractivity contribution >= 4 is 5.97 Å². The Bertz CT molecular complexity index is 239. The molecule has 2 aliphatic heterocycles. The Morgan fingerprint density at radius 2 is 1.93 bits per heavy atom. The molecular weight excluding hydrogens is 192 g/mol. The van der Waals surface area contributed by atoms with Gasteiger partial charge in [0.25, 0.3) is 0 Å². The molecule has 0 bridgehead atoms. The Morgan fingerprint density at radius 3 is 2.47 bits per heavy atom. The van der Waals surface area contributed by atoms with E-state index in [9.17, 15) is 4.79 Å². The number of carbonyl (C=O) groups is 1. The third-order valence-corrected chi connectivity index (χ3v) is 3.75. The summed E-state index contributed by atoms with van der Waals surface area (Å²) in [4.78, 5) is 15.5. The lowest BCUT2D eigenvalue weighted by Gasteiger charge is -2.39. The van der Waals surface area contributed by atoms with Gasteiger partial charge in [-0.15, -0.1) is 0 Å². The highest BCUT2D eigenvalue weighted by Crippen LogP contribution is 2.23. The lowest BCUT2D eigenvalue weighted by atomic mass is 9.98. The van der Waals surface area contributed by atoms with Crippen molar-refractivity contribution in [2.24, 2.45) is 0 Å². The number of likely N-dealkylation sites (tertiary alicyclic amines) is 2. The number of piperidine rings is 1. The first kappa shape index (κ1) is 10.9. The molecule has 15 heavy (non-hydrogen) atoms. The predicted molar refractivity (Wildman–Crippen MR) is 57.9 cm³/mol. The predicted octanol–water partition coefficient (Wildman–Crippen LogP) is 0.630. The van der Waals surface area contributed by atoms with Gasteiger partial charge in [0.2, 0.25) is 0 Å². The van der Waals surface area contributed by atoms with E-state index in [-0.39, 0.29) is 6.04 Å². The summed E-state index contributed by atoms with van der Waals surface area (Å²) in [7, 11) is 1.93. The second-order valence-electron chi connectivity index (χ2n) is 4.77. The molecule has 2 saturated heterocycles. The van der Waals surface area contributed by atoms with Gasteiger partial charge in [-0.1, -0.05) is 0 Å². The second-order valence-corrected chi connectivity index (χ2v) is 4.77. The Morgan fingerprint density at radius 1 is 1.27 bits per heavy atom. The highest BCUT2D eigenvalue weighted by Gasteiger charge is 2.33. The fourth-order valence-electron chi connectivity index (χ4n) is 2.84. The maximum absolute atomic E-state index is 10.9. The summed E-state index contributed by atoms with van der Waals surface area (Å²) in [5.41, 5.74) is 0. The molecule has 86 valence electrons. The van der Waals surface area contributed by atoms with Crippen LogP contribution >= 0.6 is 0 Å². The minimum atomic E-state index is -0.669. The molecule has 0 amide bonds. The standard InChI is InChI=1S/C11H20N2O2/c1-12-8-9(13-6-2-3-7-13)4-5-10(12)11(14)15/h9-10H,2-8H2,1H3,(H,14,15). The molecule has 0 spiro atoms. The van der Waals surface area contributed by atoms with E-state index in [1.165, 1.54) is 25.9 Å². The third-order valence-electron chi connectivity index (χ3n) is 3.75. The van der Waals surface area contributed by atoms with Gasteiger partial charge < -0.3 is 5.11 Å². The first-order valence-electron chi connectivity index (χ1n) is 5.85. The van der Waals surface area contributed by atoms with E-state index in [4.69, 9.17) is 5.11 Å². The van der Waals surface area contributed by atoms with Gasteiger partial charge in [0.1, 0.15) is 6.04 Å². The quantitative estimate of drug-likeness (QED) is 0.729. The van der Waals surface area contributed by atoms with Crippen LogP contribution in [0.25, 0.3) is 0 Å². The van der Waals surface area contributed by atoms with Crippen molar-refractivity contribution in [1.82, 2.24) is 9.80 Å². The molecule has 0 radical (unpaired) electrons. The molecule has 2 atom stereocenters. The van der Waals surface area contributed by atoms with Gasteiger partial charge in [-0.05, 0) is 45.8 Å². The summed E-state index contributed by atoms with van der Waals surface area (Å²) in [5.74, 6) is -0.669. The molecule has 0 saturated carbocycles. The highest BCUT2D eigenvalue weighted by molar-refractivity contribution is 5.73. The number of carboxylic acids is 1. The van der Waals surface area contributed by atoms with Crippen LogP contribution in [0.3, 0.4) is 0 Å². The second kappa shape index (κ2) is 4.49.